The van der Waals surface area contributed by atoms with Gasteiger partial charge in [-0.25, -0.2) is 9.71 Å². The van der Waals surface area contributed by atoms with Gasteiger partial charge in [0.25, 0.3) is 10.2 Å². The van der Waals surface area contributed by atoms with E-state index in [4.69, 9.17) is 5.11 Å². The van der Waals surface area contributed by atoms with Crippen LogP contribution in [0.4, 0.5) is 0 Å². The molecule has 8 heteroatoms. The highest BCUT2D eigenvalue weighted by atomic mass is 32.2. The minimum Gasteiger partial charge on any atom is -0.396 e. The Morgan fingerprint density at radius 3 is 3.10 bits per heavy atom. The number of nitrogens with zero attached hydrogens (tertiary/aromatic N) is 2. The second kappa shape index (κ2) is 7.16. The van der Waals surface area contributed by atoms with Gasteiger partial charge in [0.05, 0.1) is 0 Å². The number of hydrogen-bond donors (Lipinski definition) is 3. The molecule has 1 unspecified atom stereocenters. The van der Waals surface area contributed by atoms with Gasteiger partial charge in [-0.1, -0.05) is 0 Å². The van der Waals surface area contributed by atoms with E-state index in [1.807, 2.05) is 0 Å². The summed E-state index contributed by atoms with van der Waals surface area (Å²) in [6, 6.07) is 0. The third-order valence-corrected chi connectivity index (χ3v) is 5.09. The first-order valence-electron chi connectivity index (χ1n) is 6.95. The molecular weight excluding hydrogens is 280 g/mol. The van der Waals surface area contributed by atoms with Crippen molar-refractivity contribution in [3.63, 3.8) is 0 Å². The minimum absolute atomic E-state index is 0.0461. The molecule has 1 aliphatic heterocycles. The zero-order valence-corrected chi connectivity index (χ0v) is 12.3. The zero-order valence-electron chi connectivity index (χ0n) is 11.5. The van der Waals surface area contributed by atoms with Crippen molar-refractivity contribution in [3.05, 3.63) is 18.2 Å². The standard InChI is InChI=1S/C12H22N4O3S/c17-10-11-3-2-8-16(9-11)20(18,19)15-5-1-4-12-13-6-7-14-12/h6-7,11,15,17H,1-5,8-10H2,(H,13,14). The summed E-state index contributed by atoms with van der Waals surface area (Å²) in [7, 11) is -3.43. The number of aliphatic hydroxyl groups excluding tert-OH is 1. The molecule has 0 bridgehead atoms. The first-order chi connectivity index (χ1) is 9.62. The summed E-state index contributed by atoms with van der Waals surface area (Å²) in [6.07, 6.45) is 6.54. The highest BCUT2D eigenvalue weighted by molar-refractivity contribution is 7.87. The number of aryl methyl sites for hydroxylation is 1. The van der Waals surface area contributed by atoms with Gasteiger partial charge in [0.15, 0.2) is 0 Å². The van der Waals surface area contributed by atoms with Crippen LogP contribution in [-0.2, 0) is 16.6 Å². The molecule has 2 heterocycles. The maximum Gasteiger partial charge on any atom is 0.279 e. The fraction of sp³-hybridized carbons (Fsp3) is 0.750. The second-order valence-corrected chi connectivity index (χ2v) is 6.84. The number of rotatable bonds is 7. The lowest BCUT2D eigenvalue weighted by Gasteiger charge is -2.30. The van der Waals surface area contributed by atoms with Crippen LogP contribution < -0.4 is 4.72 Å². The molecule has 114 valence electrons. The van der Waals surface area contributed by atoms with Gasteiger partial charge in [0.1, 0.15) is 5.82 Å². The van der Waals surface area contributed by atoms with Crippen LogP contribution in [0.1, 0.15) is 25.1 Å². The van der Waals surface area contributed by atoms with Gasteiger partial charge in [-0.2, -0.15) is 12.7 Å². The normalized spacial score (nSPS) is 21.1. The molecule has 20 heavy (non-hydrogen) atoms. The Labute approximate surface area is 119 Å². The lowest BCUT2D eigenvalue weighted by Crippen LogP contribution is -2.46. The van der Waals surface area contributed by atoms with E-state index in [9.17, 15) is 8.42 Å². The van der Waals surface area contributed by atoms with Gasteiger partial charge >= 0.3 is 0 Å². The summed E-state index contributed by atoms with van der Waals surface area (Å²) >= 11 is 0. The summed E-state index contributed by atoms with van der Waals surface area (Å²) in [5.41, 5.74) is 0. The monoisotopic (exact) mass is 302 g/mol. The Morgan fingerprint density at radius 2 is 2.40 bits per heavy atom. The average molecular weight is 302 g/mol. The number of aromatic nitrogens is 2. The predicted molar refractivity (Wildman–Crippen MR) is 75.2 cm³/mol. The van der Waals surface area contributed by atoms with E-state index in [0.29, 0.717) is 26.1 Å². The summed E-state index contributed by atoms with van der Waals surface area (Å²) in [6.45, 7) is 1.38. The van der Waals surface area contributed by atoms with Gasteiger partial charge in [-0.05, 0) is 25.2 Å². The molecule has 0 spiro atoms. The molecular formula is C12H22N4O3S. The first-order valence-corrected chi connectivity index (χ1v) is 8.39. The Balaban J connectivity index is 1.75. The molecule has 0 radical (unpaired) electrons. The molecule has 7 nitrogen and oxygen atoms in total. The third-order valence-electron chi connectivity index (χ3n) is 3.51. The van der Waals surface area contributed by atoms with E-state index in [-0.39, 0.29) is 12.5 Å². The van der Waals surface area contributed by atoms with Crippen LogP contribution in [0.2, 0.25) is 0 Å². The number of nitrogens with one attached hydrogen (secondary N) is 2. The number of hydrogen-bond acceptors (Lipinski definition) is 4. The lowest BCUT2D eigenvalue weighted by molar-refractivity contribution is 0.165. The highest BCUT2D eigenvalue weighted by Crippen LogP contribution is 2.17. The maximum absolute atomic E-state index is 12.1. The van der Waals surface area contributed by atoms with Crippen molar-refractivity contribution in [1.29, 1.82) is 0 Å². The molecule has 2 rings (SSSR count). The van der Waals surface area contributed by atoms with Crippen molar-refractivity contribution in [3.8, 4) is 0 Å². The highest BCUT2D eigenvalue weighted by Gasteiger charge is 2.27. The Kier molecular flexibility index (Phi) is 5.53. The van der Waals surface area contributed by atoms with Gasteiger partial charge in [-0.3, -0.25) is 0 Å². The molecule has 1 saturated heterocycles. The smallest absolute Gasteiger partial charge is 0.279 e. The Bertz CT molecular complexity index is 489. The van der Waals surface area contributed by atoms with E-state index in [2.05, 4.69) is 14.7 Å². The predicted octanol–water partition coefficient (Wildman–Crippen LogP) is -0.119. The van der Waals surface area contributed by atoms with Crippen LogP contribution in [0.3, 0.4) is 0 Å². The van der Waals surface area contributed by atoms with Crippen molar-refractivity contribution >= 4 is 10.2 Å². The third kappa shape index (κ3) is 4.27. The number of aromatic amines is 1. The fourth-order valence-corrected chi connectivity index (χ4v) is 3.74. The van der Waals surface area contributed by atoms with Crippen molar-refractivity contribution < 1.29 is 13.5 Å². The van der Waals surface area contributed by atoms with Crippen molar-refractivity contribution in [2.75, 3.05) is 26.2 Å². The van der Waals surface area contributed by atoms with Crippen molar-refractivity contribution in [1.82, 2.24) is 19.0 Å². The lowest BCUT2D eigenvalue weighted by atomic mass is 10.0. The minimum atomic E-state index is -3.43. The Morgan fingerprint density at radius 1 is 1.55 bits per heavy atom. The molecule has 1 aliphatic rings. The molecule has 1 fully saturated rings. The zero-order chi connectivity index (χ0) is 14.4. The largest absolute Gasteiger partial charge is 0.396 e. The van der Waals surface area contributed by atoms with Crippen LogP contribution in [0.15, 0.2) is 12.4 Å². The topological polar surface area (TPSA) is 98.3 Å². The van der Waals surface area contributed by atoms with E-state index in [1.54, 1.807) is 12.4 Å². The Hall–Kier alpha value is -0.960. The number of aliphatic hydroxyl groups is 1. The molecule has 0 saturated carbocycles. The molecule has 1 aromatic heterocycles. The summed E-state index contributed by atoms with van der Waals surface area (Å²) in [5.74, 6) is 0.922. The van der Waals surface area contributed by atoms with Crippen LogP contribution in [0.25, 0.3) is 0 Å². The van der Waals surface area contributed by atoms with Crippen LogP contribution in [0, 0.1) is 5.92 Å². The van der Waals surface area contributed by atoms with Gasteiger partial charge in [0, 0.05) is 45.1 Å². The molecule has 1 atom stereocenters. The second-order valence-electron chi connectivity index (χ2n) is 5.09. The number of H-pyrrole nitrogens is 1. The quantitative estimate of drug-likeness (QED) is 0.612. The maximum atomic E-state index is 12.1. The van der Waals surface area contributed by atoms with Gasteiger partial charge in [0.2, 0.25) is 0 Å². The molecule has 3 N–H and O–H groups in total. The summed E-state index contributed by atoms with van der Waals surface area (Å²) in [4.78, 5) is 7.08. The van der Waals surface area contributed by atoms with Gasteiger partial charge < -0.3 is 10.1 Å². The van der Waals surface area contributed by atoms with Crippen molar-refractivity contribution in [2.45, 2.75) is 25.7 Å². The molecule has 1 aromatic rings. The van der Waals surface area contributed by atoms with E-state index >= 15 is 0 Å². The molecule has 0 aliphatic carbocycles. The molecule has 0 aromatic carbocycles. The van der Waals surface area contributed by atoms with E-state index in [1.165, 1.54) is 4.31 Å². The first kappa shape index (κ1) is 15.4. The fourth-order valence-electron chi connectivity index (χ4n) is 2.38. The number of imidazole rings is 1. The van der Waals surface area contributed by atoms with Crippen LogP contribution in [0.5, 0.6) is 0 Å². The van der Waals surface area contributed by atoms with Gasteiger partial charge in [-0.15, -0.1) is 0 Å². The molecule has 0 amide bonds. The summed E-state index contributed by atoms with van der Waals surface area (Å²) < 4.78 is 28.3. The van der Waals surface area contributed by atoms with Crippen LogP contribution in [-0.4, -0.2) is 54.0 Å². The van der Waals surface area contributed by atoms with Crippen molar-refractivity contribution in [2.24, 2.45) is 5.92 Å². The van der Waals surface area contributed by atoms with E-state index in [0.717, 1.165) is 25.1 Å². The number of piperidine rings is 1. The SMILES string of the molecule is O=S(=O)(NCCCc1ncc[nH]1)N1CCCC(CO)C1. The summed E-state index contributed by atoms with van der Waals surface area (Å²) in [5, 5.41) is 9.14. The van der Waals surface area contributed by atoms with E-state index < -0.39 is 10.2 Å². The average Bonchev–Trinajstić information content (AvgIpc) is 2.97. The van der Waals surface area contributed by atoms with Crippen LogP contribution >= 0.6 is 0 Å².